The summed E-state index contributed by atoms with van der Waals surface area (Å²) in [5.74, 6) is 1.16. The smallest absolute Gasteiger partial charge is 0.222 e. The number of likely N-dealkylation sites (tertiary alicyclic amines) is 1. The topological polar surface area (TPSA) is 66.0 Å². The molecule has 0 aliphatic carbocycles. The van der Waals surface area contributed by atoms with E-state index in [0.717, 1.165) is 71.0 Å². The Morgan fingerprint density at radius 2 is 2.14 bits per heavy atom. The number of hydrogen-bond acceptors (Lipinski definition) is 3. The maximum atomic E-state index is 11.9. The normalized spacial score (nSPS) is 16.5. The number of hydrogen-bond donors (Lipinski definition) is 2. The summed E-state index contributed by atoms with van der Waals surface area (Å²) in [6, 6.07) is 0. The molecule has 0 aromatic rings. The lowest BCUT2D eigenvalue weighted by molar-refractivity contribution is -0.130. The van der Waals surface area contributed by atoms with Gasteiger partial charge in [-0.3, -0.25) is 9.79 Å². The Hall–Kier alpha value is -1.30. The van der Waals surface area contributed by atoms with Crippen molar-refractivity contribution in [2.24, 2.45) is 4.99 Å². The van der Waals surface area contributed by atoms with Crippen molar-refractivity contribution in [3.8, 4) is 0 Å². The lowest BCUT2D eigenvalue weighted by Crippen LogP contribution is -2.38. The molecule has 0 bridgehead atoms. The number of ether oxygens (including phenoxy) is 1. The van der Waals surface area contributed by atoms with Crippen LogP contribution in [-0.4, -0.2) is 63.2 Å². The molecular formula is C16H32N4O2. The first-order valence-corrected chi connectivity index (χ1v) is 8.56. The first kappa shape index (κ1) is 18.7. The summed E-state index contributed by atoms with van der Waals surface area (Å²) in [5, 5.41) is 6.53. The molecule has 6 heteroatoms. The molecule has 0 radical (unpaired) electrons. The van der Waals surface area contributed by atoms with Crippen LogP contribution in [0.5, 0.6) is 0 Å². The van der Waals surface area contributed by atoms with Crippen LogP contribution in [0.3, 0.4) is 0 Å². The highest BCUT2D eigenvalue weighted by Gasteiger charge is 2.15. The standard InChI is InChI=1S/C16H32N4O2/c1-3-17-16(19-11-8-14-22-2)18-10-7-13-20-12-6-4-5-9-15(20)21/h3-14H2,1-2H3,(H2,17,18,19). The van der Waals surface area contributed by atoms with Gasteiger partial charge in [-0.05, 0) is 32.6 Å². The zero-order valence-electron chi connectivity index (χ0n) is 14.2. The van der Waals surface area contributed by atoms with Gasteiger partial charge in [0.05, 0.1) is 0 Å². The molecule has 0 spiro atoms. The van der Waals surface area contributed by atoms with Gasteiger partial charge in [0.1, 0.15) is 0 Å². The molecule has 1 saturated heterocycles. The summed E-state index contributed by atoms with van der Waals surface area (Å²) in [6.07, 6.45) is 5.95. The Morgan fingerprint density at radius 1 is 1.27 bits per heavy atom. The van der Waals surface area contributed by atoms with Gasteiger partial charge in [0.2, 0.25) is 5.91 Å². The van der Waals surface area contributed by atoms with Gasteiger partial charge in [0, 0.05) is 52.9 Å². The summed E-state index contributed by atoms with van der Waals surface area (Å²) in [5.41, 5.74) is 0. The molecule has 0 atom stereocenters. The van der Waals surface area contributed by atoms with Gasteiger partial charge < -0.3 is 20.3 Å². The number of methoxy groups -OCH3 is 1. The van der Waals surface area contributed by atoms with Crippen molar-refractivity contribution >= 4 is 11.9 Å². The van der Waals surface area contributed by atoms with Gasteiger partial charge in [-0.2, -0.15) is 0 Å². The van der Waals surface area contributed by atoms with Crippen molar-refractivity contribution in [2.75, 3.05) is 46.4 Å². The van der Waals surface area contributed by atoms with Gasteiger partial charge >= 0.3 is 0 Å². The van der Waals surface area contributed by atoms with Crippen molar-refractivity contribution < 1.29 is 9.53 Å². The molecule has 0 unspecified atom stereocenters. The Kier molecular flexibility index (Phi) is 10.5. The average molecular weight is 312 g/mol. The van der Waals surface area contributed by atoms with Crippen LogP contribution in [0.4, 0.5) is 0 Å². The van der Waals surface area contributed by atoms with Crippen LogP contribution in [0.15, 0.2) is 4.99 Å². The second-order valence-electron chi connectivity index (χ2n) is 5.58. The van der Waals surface area contributed by atoms with Crippen LogP contribution in [-0.2, 0) is 9.53 Å². The fraction of sp³-hybridized carbons (Fsp3) is 0.875. The molecule has 1 fully saturated rings. The van der Waals surface area contributed by atoms with E-state index in [0.29, 0.717) is 12.3 Å². The Labute approximate surface area is 134 Å². The zero-order valence-corrected chi connectivity index (χ0v) is 14.2. The highest BCUT2D eigenvalue weighted by Crippen LogP contribution is 2.11. The first-order chi connectivity index (χ1) is 10.8. The Bertz CT molecular complexity index is 334. The minimum atomic E-state index is 0.311. The number of carbonyl (C=O) groups is 1. The third-order valence-electron chi connectivity index (χ3n) is 3.69. The van der Waals surface area contributed by atoms with Crippen LogP contribution in [0.25, 0.3) is 0 Å². The fourth-order valence-corrected chi connectivity index (χ4v) is 2.49. The van der Waals surface area contributed by atoms with E-state index in [1.165, 1.54) is 6.42 Å². The van der Waals surface area contributed by atoms with Crippen LogP contribution in [0, 0.1) is 0 Å². The molecule has 22 heavy (non-hydrogen) atoms. The predicted molar refractivity (Wildman–Crippen MR) is 90.1 cm³/mol. The third kappa shape index (κ3) is 8.22. The molecule has 1 amide bonds. The third-order valence-corrected chi connectivity index (χ3v) is 3.69. The van der Waals surface area contributed by atoms with Crippen LogP contribution in [0.2, 0.25) is 0 Å². The van der Waals surface area contributed by atoms with Crippen LogP contribution < -0.4 is 10.6 Å². The number of aliphatic imine (C=N–C) groups is 1. The quantitative estimate of drug-likeness (QED) is 0.383. The lowest BCUT2D eigenvalue weighted by Gasteiger charge is -2.20. The van der Waals surface area contributed by atoms with E-state index in [9.17, 15) is 4.79 Å². The molecule has 0 aromatic carbocycles. The summed E-state index contributed by atoms with van der Waals surface area (Å²) in [6.45, 7) is 6.99. The Balaban J connectivity index is 2.25. The zero-order chi connectivity index (χ0) is 16.0. The molecule has 0 saturated carbocycles. The lowest BCUT2D eigenvalue weighted by atomic mass is 10.2. The number of guanidine groups is 1. The number of carbonyl (C=O) groups excluding carboxylic acids is 1. The van der Waals surface area contributed by atoms with Gasteiger partial charge in [0.15, 0.2) is 5.96 Å². The van der Waals surface area contributed by atoms with E-state index in [2.05, 4.69) is 22.5 Å². The molecule has 128 valence electrons. The summed E-state index contributed by atoms with van der Waals surface area (Å²) in [7, 11) is 1.71. The minimum absolute atomic E-state index is 0.311. The van der Waals surface area contributed by atoms with Crippen LogP contribution >= 0.6 is 0 Å². The Morgan fingerprint density at radius 3 is 2.91 bits per heavy atom. The largest absolute Gasteiger partial charge is 0.385 e. The van der Waals surface area contributed by atoms with Gasteiger partial charge in [-0.15, -0.1) is 0 Å². The van der Waals surface area contributed by atoms with E-state index in [1.807, 2.05) is 4.90 Å². The second-order valence-corrected chi connectivity index (χ2v) is 5.58. The molecule has 1 aliphatic rings. The van der Waals surface area contributed by atoms with E-state index < -0.39 is 0 Å². The van der Waals surface area contributed by atoms with E-state index in [-0.39, 0.29) is 0 Å². The van der Waals surface area contributed by atoms with Gasteiger partial charge in [-0.25, -0.2) is 0 Å². The monoisotopic (exact) mass is 312 g/mol. The minimum Gasteiger partial charge on any atom is -0.385 e. The van der Waals surface area contributed by atoms with Crippen molar-refractivity contribution in [1.29, 1.82) is 0 Å². The first-order valence-electron chi connectivity index (χ1n) is 8.56. The van der Waals surface area contributed by atoms with Crippen molar-refractivity contribution in [3.63, 3.8) is 0 Å². The second kappa shape index (κ2) is 12.3. The van der Waals surface area contributed by atoms with E-state index in [4.69, 9.17) is 4.74 Å². The summed E-state index contributed by atoms with van der Waals surface area (Å²) in [4.78, 5) is 18.5. The van der Waals surface area contributed by atoms with E-state index in [1.54, 1.807) is 7.11 Å². The number of rotatable bonds is 9. The predicted octanol–water partition coefficient (Wildman–Crippen LogP) is 1.37. The molecule has 6 nitrogen and oxygen atoms in total. The van der Waals surface area contributed by atoms with Crippen molar-refractivity contribution in [2.45, 2.75) is 45.4 Å². The number of nitrogens with one attached hydrogen (secondary N) is 2. The molecule has 1 aliphatic heterocycles. The molecule has 1 rings (SSSR count). The van der Waals surface area contributed by atoms with Gasteiger partial charge in [-0.1, -0.05) is 6.42 Å². The van der Waals surface area contributed by atoms with E-state index >= 15 is 0 Å². The maximum Gasteiger partial charge on any atom is 0.222 e. The maximum absolute atomic E-state index is 11.9. The SMILES string of the molecule is CCNC(=NCCCN1CCCCCC1=O)NCCCOC. The summed E-state index contributed by atoms with van der Waals surface area (Å²) >= 11 is 0. The summed E-state index contributed by atoms with van der Waals surface area (Å²) < 4.78 is 5.03. The number of nitrogens with zero attached hydrogens (tertiary/aromatic N) is 2. The van der Waals surface area contributed by atoms with Crippen molar-refractivity contribution in [3.05, 3.63) is 0 Å². The molecular weight excluding hydrogens is 280 g/mol. The molecule has 1 heterocycles. The fourth-order valence-electron chi connectivity index (χ4n) is 2.49. The van der Waals surface area contributed by atoms with Crippen molar-refractivity contribution in [1.82, 2.24) is 15.5 Å². The molecule has 0 aromatic heterocycles. The highest BCUT2D eigenvalue weighted by molar-refractivity contribution is 5.79. The van der Waals surface area contributed by atoms with Crippen LogP contribution in [0.1, 0.15) is 45.4 Å². The molecule has 2 N–H and O–H groups in total. The van der Waals surface area contributed by atoms with Gasteiger partial charge in [0.25, 0.3) is 0 Å². The highest BCUT2D eigenvalue weighted by atomic mass is 16.5. The average Bonchev–Trinajstić information content (AvgIpc) is 2.72. The number of amides is 1.